The zero-order valence-electron chi connectivity index (χ0n) is 6.44. The lowest BCUT2D eigenvalue weighted by molar-refractivity contribution is -0.0529. The van der Waals surface area contributed by atoms with Crippen molar-refractivity contribution >= 4 is 15.9 Å². The first-order chi connectivity index (χ1) is 5.57. The molecule has 3 nitrogen and oxygen atoms in total. The average molecular weight is 235 g/mol. The molecule has 12 heavy (non-hydrogen) atoms. The lowest BCUT2D eigenvalue weighted by Crippen LogP contribution is -2.43. The molecule has 0 saturated heterocycles. The summed E-state index contributed by atoms with van der Waals surface area (Å²) in [4.78, 5) is 1.60. The molecular formula is C8H11BrO3. The number of hydrogen-bond donors (Lipinski definition) is 3. The lowest BCUT2D eigenvalue weighted by atomic mass is 9.85. The third kappa shape index (κ3) is 1.61. The molecule has 1 aliphatic carbocycles. The highest BCUT2D eigenvalue weighted by atomic mass is 79.9. The Hall–Kier alpha value is -0.160. The van der Waals surface area contributed by atoms with Gasteiger partial charge < -0.3 is 15.3 Å². The van der Waals surface area contributed by atoms with Crippen molar-refractivity contribution in [3.63, 3.8) is 0 Å². The van der Waals surface area contributed by atoms with Gasteiger partial charge in [-0.3, -0.25) is 0 Å². The molecule has 0 spiro atoms. The van der Waals surface area contributed by atoms with Gasteiger partial charge in [0.2, 0.25) is 0 Å². The van der Waals surface area contributed by atoms with Crippen LogP contribution in [-0.4, -0.2) is 33.6 Å². The van der Waals surface area contributed by atoms with Crippen LogP contribution in [-0.2, 0) is 0 Å². The molecule has 3 N–H and O–H groups in total. The number of rotatable bonds is 0. The minimum Gasteiger partial charge on any atom is -0.390 e. The van der Waals surface area contributed by atoms with Crippen LogP contribution in [0.25, 0.3) is 0 Å². The first kappa shape index (κ1) is 9.92. The molecule has 4 heteroatoms. The van der Waals surface area contributed by atoms with Gasteiger partial charge in [-0.05, 0) is 16.1 Å². The van der Waals surface area contributed by atoms with Gasteiger partial charge >= 0.3 is 0 Å². The summed E-state index contributed by atoms with van der Waals surface area (Å²) in [7, 11) is 0. The van der Waals surface area contributed by atoms with Crippen LogP contribution in [0.5, 0.6) is 0 Å². The third-order valence-electron chi connectivity index (χ3n) is 2.05. The second kappa shape index (κ2) is 3.70. The maximum Gasteiger partial charge on any atom is 0.110 e. The van der Waals surface area contributed by atoms with Gasteiger partial charge in [0.05, 0.1) is 6.10 Å². The van der Waals surface area contributed by atoms with E-state index in [1.807, 2.05) is 0 Å². The zero-order chi connectivity index (χ0) is 9.30. The predicted molar refractivity (Wildman–Crippen MR) is 48.8 cm³/mol. The summed E-state index contributed by atoms with van der Waals surface area (Å²) >= 11 is 3.10. The van der Waals surface area contributed by atoms with Crippen LogP contribution >= 0.6 is 15.9 Å². The minimum absolute atomic E-state index is 0.322. The highest BCUT2D eigenvalue weighted by Gasteiger charge is 2.33. The topological polar surface area (TPSA) is 60.7 Å². The Kier molecular flexibility index (Phi) is 3.06. The molecule has 1 saturated carbocycles. The van der Waals surface area contributed by atoms with Gasteiger partial charge in [-0.2, -0.15) is 0 Å². The van der Waals surface area contributed by atoms with E-state index in [9.17, 15) is 15.3 Å². The van der Waals surface area contributed by atoms with E-state index in [4.69, 9.17) is 0 Å². The first-order valence-corrected chi connectivity index (χ1v) is 4.52. The summed E-state index contributed by atoms with van der Waals surface area (Å²) < 4.78 is 0. The van der Waals surface area contributed by atoms with Gasteiger partial charge in [0.15, 0.2) is 0 Å². The van der Waals surface area contributed by atoms with Gasteiger partial charge in [0.1, 0.15) is 12.2 Å². The highest BCUT2D eigenvalue weighted by Crippen LogP contribution is 2.29. The van der Waals surface area contributed by atoms with Crippen molar-refractivity contribution in [2.24, 2.45) is 0 Å². The Labute approximate surface area is 79.2 Å². The number of aliphatic hydroxyl groups excluding tert-OH is 3. The van der Waals surface area contributed by atoms with E-state index in [1.165, 1.54) is 0 Å². The lowest BCUT2D eigenvalue weighted by Gasteiger charge is -2.31. The summed E-state index contributed by atoms with van der Waals surface area (Å²) in [5, 5.41) is 27.8. The van der Waals surface area contributed by atoms with Crippen LogP contribution < -0.4 is 0 Å². The van der Waals surface area contributed by atoms with Crippen LogP contribution in [0.4, 0.5) is 0 Å². The van der Waals surface area contributed by atoms with Gasteiger partial charge in [-0.25, -0.2) is 0 Å². The quantitative estimate of drug-likeness (QED) is 0.566. The molecule has 0 heterocycles. The Morgan fingerprint density at radius 2 is 2.00 bits per heavy atom. The maximum atomic E-state index is 9.35. The van der Waals surface area contributed by atoms with Crippen LogP contribution in [0, 0.1) is 0 Å². The van der Waals surface area contributed by atoms with E-state index in [-0.39, 0.29) is 0 Å². The molecule has 0 radical (unpaired) electrons. The summed E-state index contributed by atoms with van der Waals surface area (Å²) in [6, 6.07) is 0. The fraction of sp³-hybridized carbons (Fsp3) is 0.500. The molecule has 0 aromatic carbocycles. The summed E-state index contributed by atoms with van der Waals surface area (Å²) in [5.74, 6) is 0. The van der Waals surface area contributed by atoms with Gasteiger partial charge in [-0.1, -0.05) is 22.5 Å². The largest absolute Gasteiger partial charge is 0.390 e. The Bertz CT molecular complexity index is 224. The normalized spacial score (nSPS) is 40.5. The minimum atomic E-state index is -1.12. The second-order valence-corrected chi connectivity index (χ2v) is 3.32. The average Bonchev–Trinajstić information content (AvgIpc) is 2.08. The monoisotopic (exact) mass is 234 g/mol. The van der Waals surface area contributed by atoms with Crippen LogP contribution in [0.15, 0.2) is 22.7 Å². The molecule has 68 valence electrons. The smallest absolute Gasteiger partial charge is 0.110 e. The second-order valence-electron chi connectivity index (χ2n) is 2.87. The standard InChI is InChI=1S/C8H11BrO3/c1-4-5(3-9)2-6(10)8(12)7(4)11/h3,6-8,10-12H,1-2H2/b5-3-/t6-,7-,8+/m1/s1. The third-order valence-corrected chi connectivity index (χ3v) is 2.60. The van der Waals surface area contributed by atoms with Gasteiger partial charge in [0, 0.05) is 6.42 Å². The zero-order valence-corrected chi connectivity index (χ0v) is 8.03. The van der Waals surface area contributed by atoms with Crippen molar-refractivity contribution in [3.8, 4) is 0 Å². The Morgan fingerprint density at radius 3 is 2.50 bits per heavy atom. The Morgan fingerprint density at radius 1 is 1.42 bits per heavy atom. The molecule has 0 bridgehead atoms. The fourth-order valence-corrected chi connectivity index (χ4v) is 1.68. The van der Waals surface area contributed by atoms with E-state index in [0.29, 0.717) is 12.0 Å². The van der Waals surface area contributed by atoms with Gasteiger partial charge in [-0.15, -0.1) is 0 Å². The first-order valence-electron chi connectivity index (χ1n) is 3.60. The summed E-state index contributed by atoms with van der Waals surface area (Å²) in [6.07, 6.45) is -2.76. The maximum absolute atomic E-state index is 9.35. The van der Waals surface area contributed by atoms with Crippen LogP contribution in [0.3, 0.4) is 0 Å². The van der Waals surface area contributed by atoms with Crippen LogP contribution in [0.1, 0.15) is 6.42 Å². The predicted octanol–water partition coefficient (Wildman–Crippen LogP) is 0.308. The van der Waals surface area contributed by atoms with Crippen molar-refractivity contribution in [1.29, 1.82) is 0 Å². The molecule has 0 aliphatic heterocycles. The molecule has 0 amide bonds. The molecular weight excluding hydrogens is 224 g/mol. The summed E-state index contributed by atoms with van der Waals surface area (Å²) in [5.41, 5.74) is 1.20. The van der Waals surface area contributed by atoms with Crippen LogP contribution in [0.2, 0.25) is 0 Å². The summed E-state index contributed by atoms with van der Waals surface area (Å²) in [6.45, 7) is 3.61. The molecule has 1 aliphatic rings. The number of hydrogen-bond acceptors (Lipinski definition) is 3. The van der Waals surface area contributed by atoms with Crippen molar-refractivity contribution in [3.05, 3.63) is 22.7 Å². The molecule has 3 atom stereocenters. The molecule has 1 rings (SSSR count). The Balaban J connectivity index is 2.85. The van der Waals surface area contributed by atoms with E-state index in [1.54, 1.807) is 4.99 Å². The van der Waals surface area contributed by atoms with Crippen molar-refractivity contribution < 1.29 is 15.3 Å². The van der Waals surface area contributed by atoms with Crippen molar-refractivity contribution in [1.82, 2.24) is 0 Å². The van der Waals surface area contributed by atoms with Gasteiger partial charge in [0.25, 0.3) is 0 Å². The van der Waals surface area contributed by atoms with E-state index < -0.39 is 18.3 Å². The van der Waals surface area contributed by atoms with Crippen molar-refractivity contribution in [2.75, 3.05) is 0 Å². The number of halogens is 1. The SMILES string of the molecule is C=C1/C(=C\Br)C[C@@H](O)[C@H](O)[C@@H]1O. The molecule has 0 aromatic heterocycles. The molecule has 1 fully saturated rings. The fourth-order valence-electron chi connectivity index (χ4n) is 1.20. The van der Waals surface area contributed by atoms with E-state index in [2.05, 4.69) is 22.5 Å². The van der Waals surface area contributed by atoms with Crippen molar-refractivity contribution in [2.45, 2.75) is 24.7 Å². The van der Waals surface area contributed by atoms with E-state index in [0.717, 1.165) is 5.57 Å². The van der Waals surface area contributed by atoms with E-state index >= 15 is 0 Å². The molecule has 0 aromatic rings. The molecule has 0 unspecified atom stereocenters. The highest BCUT2D eigenvalue weighted by molar-refractivity contribution is 9.11. The number of aliphatic hydroxyl groups is 3.